The molecular formula is C15H15BrFNO2. The third-order valence-corrected chi connectivity index (χ3v) is 3.58. The number of hydrogen-bond acceptors (Lipinski definition) is 3. The Kier molecular flexibility index (Phi) is 4.84. The lowest BCUT2D eigenvalue weighted by molar-refractivity contribution is 0.399. The van der Waals surface area contributed by atoms with Crippen molar-refractivity contribution in [3.05, 3.63) is 52.3 Å². The normalized spacial score (nSPS) is 10.2. The van der Waals surface area contributed by atoms with Gasteiger partial charge in [-0.1, -0.05) is 0 Å². The van der Waals surface area contributed by atoms with Gasteiger partial charge in [-0.3, -0.25) is 0 Å². The highest BCUT2D eigenvalue weighted by Gasteiger charge is 2.07. The van der Waals surface area contributed by atoms with E-state index in [9.17, 15) is 4.39 Å². The lowest BCUT2D eigenvalue weighted by atomic mass is 10.2. The zero-order valence-corrected chi connectivity index (χ0v) is 12.8. The molecule has 20 heavy (non-hydrogen) atoms. The van der Waals surface area contributed by atoms with Crippen LogP contribution < -0.4 is 14.8 Å². The zero-order chi connectivity index (χ0) is 14.5. The first-order chi connectivity index (χ1) is 9.63. The largest absolute Gasteiger partial charge is 0.497 e. The van der Waals surface area contributed by atoms with E-state index in [1.54, 1.807) is 20.3 Å². The molecule has 0 aromatic heterocycles. The lowest BCUT2D eigenvalue weighted by Crippen LogP contribution is -2.03. The van der Waals surface area contributed by atoms with Gasteiger partial charge in [-0.15, -0.1) is 0 Å². The molecule has 2 rings (SSSR count). The summed E-state index contributed by atoms with van der Waals surface area (Å²) in [6, 6.07) is 10.1. The van der Waals surface area contributed by atoms with Gasteiger partial charge in [0.1, 0.15) is 17.3 Å². The Morgan fingerprint density at radius 3 is 2.60 bits per heavy atom. The molecule has 0 atom stereocenters. The van der Waals surface area contributed by atoms with Crippen molar-refractivity contribution in [2.24, 2.45) is 0 Å². The highest BCUT2D eigenvalue weighted by Crippen LogP contribution is 2.27. The summed E-state index contributed by atoms with van der Waals surface area (Å²) in [6.45, 7) is 0.502. The topological polar surface area (TPSA) is 30.5 Å². The van der Waals surface area contributed by atoms with Crippen LogP contribution in [0.4, 0.5) is 10.1 Å². The van der Waals surface area contributed by atoms with E-state index in [2.05, 4.69) is 21.2 Å². The van der Waals surface area contributed by atoms with Crippen molar-refractivity contribution < 1.29 is 13.9 Å². The van der Waals surface area contributed by atoms with Crippen LogP contribution >= 0.6 is 15.9 Å². The van der Waals surface area contributed by atoms with Crippen molar-refractivity contribution >= 4 is 21.6 Å². The van der Waals surface area contributed by atoms with Gasteiger partial charge >= 0.3 is 0 Å². The summed E-state index contributed by atoms with van der Waals surface area (Å²) >= 11 is 3.38. The Morgan fingerprint density at radius 1 is 1.10 bits per heavy atom. The number of nitrogens with one attached hydrogen (secondary N) is 1. The van der Waals surface area contributed by atoms with Gasteiger partial charge in [0, 0.05) is 16.6 Å². The Hall–Kier alpha value is -1.75. The van der Waals surface area contributed by atoms with Gasteiger partial charge in [0.25, 0.3) is 0 Å². The quantitative estimate of drug-likeness (QED) is 0.884. The monoisotopic (exact) mass is 339 g/mol. The molecule has 0 amide bonds. The van der Waals surface area contributed by atoms with Gasteiger partial charge in [-0.2, -0.15) is 0 Å². The van der Waals surface area contributed by atoms with Crippen molar-refractivity contribution in [2.75, 3.05) is 19.5 Å². The first kappa shape index (κ1) is 14.7. The fourth-order valence-electron chi connectivity index (χ4n) is 1.84. The molecule has 106 valence electrons. The van der Waals surface area contributed by atoms with Crippen LogP contribution in [0.3, 0.4) is 0 Å². The van der Waals surface area contributed by atoms with Gasteiger partial charge in [-0.25, -0.2) is 4.39 Å². The maximum Gasteiger partial charge on any atom is 0.125 e. The molecule has 3 nitrogen and oxygen atoms in total. The van der Waals surface area contributed by atoms with E-state index in [-0.39, 0.29) is 5.82 Å². The van der Waals surface area contributed by atoms with Gasteiger partial charge in [0.15, 0.2) is 0 Å². The van der Waals surface area contributed by atoms with Crippen molar-refractivity contribution in [1.29, 1.82) is 0 Å². The maximum absolute atomic E-state index is 13.2. The van der Waals surface area contributed by atoms with E-state index in [1.165, 1.54) is 12.1 Å². The first-order valence-corrected chi connectivity index (χ1v) is 6.83. The molecule has 0 bridgehead atoms. The first-order valence-electron chi connectivity index (χ1n) is 6.04. The average molecular weight is 340 g/mol. The standard InChI is InChI=1S/C15H15BrFNO2/c1-19-12-4-6-15(20-2)10(7-12)9-18-14-8-11(17)3-5-13(14)16/h3-8,18H,9H2,1-2H3. The summed E-state index contributed by atoms with van der Waals surface area (Å²) in [4.78, 5) is 0. The fraction of sp³-hybridized carbons (Fsp3) is 0.200. The number of halogens is 2. The van der Waals surface area contributed by atoms with Crippen LogP contribution in [0.15, 0.2) is 40.9 Å². The lowest BCUT2D eigenvalue weighted by Gasteiger charge is -2.13. The van der Waals surface area contributed by atoms with E-state index in [1.807, 2.05) is 18.2 Å². The molecule has 0 radical (unpaired) electrons. The number of ether oxygens (including phenoxy) is 2. The molecule has 2 aromatic carbocycles. The molecular weight excluding hydrogens is 325 g/mol. The Balaban J connectivity index is 2.19. The van der Waals surface area contributed by atoms with Crippen LogP contribution in [0.5, 0.6) is 11.5 Å². The molecule has 2 aromatic rings. The third-order valence-electron chi connectivity index (χ3n) is 2.89. The SMILES string of the molecule is COc1ccc(OC)c(CNc2cc(F)ccc2Br)c1. The number of benzene rings is 2. The van der Waals surface area contributed by atoms with Crippen LogP contribution in [0.25, 0.3) is 0 Å². The second-order valence-electron chi connectivity index (χ2n) is 4.16. The van der Waals surface area contributed by atoms with Crippen LogP contribution in [0.1, 0.15) is 5.56 Å². The van der Waals surface area contributed by atoms with Crippen molar-refractivity contribution in [1.82, 2.24) is 0 Å². The van der Waals surface area contributed by atoms with Gasteiger partial charge < -0.3 is 14.8 Å². The number of anilines is 1. The van der Waals surface area contributed by atoms with Crippen molar-refractivity contribution in [3.63, 3.8) is 0 Å². The van der Waals surface area contributed by atoms with Crippen molar-refractivity contribution in [3.8, 4) is 11.5 Å². The van der Waals surface area contributed by atoms with Crippen LogP contribution in [0.2, 0.25) is 0 Å². The Labute approximate surface area is 125 Å². The average Bonchev–Trinajstić information content (AvgIpc) is 2.47. The van der Waals surface area contributed by atoms with E-state index in [0.29, 0.717) is 12.2 Å². The van der Waals surface area contributed by atoms with Gasteiger partial charge in [0.05, 0.1) is 19.9 Å². The molecule has 0 spiro atoms. The number of rotatable bonds is 5. The molecule has 0 aliphatic heterocycles. The minimum Gasteiger partial charge on any atom is -0.497 e. The number of methoxy groups -OCH3 is 2. The van der Waals surface area contributed by atoms with Crippen LogP contribution in [-0.2, 0) is 6.54 Å². The molecule has 0 heterocycles. The summed E-state index contributed by atoms with van der Waals surface area (Å²) in [5, 5.41) is 3.17. The highest BCUT2D eigenvalue weighted by molar-refractivity contribution is 9.10. The fourth-order valence-corrected chi connectivity index (χ4v) is 2.23. The molecule has 0 saturated heterocycles. The molecule has 0 unspecified atom stereocenters. The van der Waals surface area contributed by atoms with E-state index >= 15 is 0 Å². The Morgan fingerprint density at radius 2 is 1.90 bits per heavy atom. The predicted molar refractivity (Wildman–Crippen MR) is 81.0 cm³/mol. The second-order valence-corrected chi connectivity index (χ2v) is 5.01. The van der Waals surface area contributed by atoms with Crippen molar-refractivity contribution in [2.45, 2.75) is 6.54 Å². The molecule has 0 aliphatic carbocycles. The van der Waals surface area contributed by atoms with E-state index < -0.39 is 0 Å². The van der Waals surface area contributed by atoms with Crippen LogP contribution in [0, 0.1) is 5.82 Å². The highest BCUT2D eigenvalue weighted by atomic mass is 79.9. The second kappa shape index (κ2) is 6.61. The molecule has 0 aliphatic rings. The zero-order valence-electron chi connectivity index (χ0n) is 11.2. The number of hydrogen-bond donors (Lipinski definition) is 1. The third kappa shape index (κ3) is 3.42. The van der Waals surface area contributed by atoms with E-state index in [4.69, 9.17) is 9.47 Å². The minimum atomic E-state index is -0.284. The van der Waals surface area contributed by atoms with Gasteiger partial charge in [-0.05, 0) is 52.3 Å². The summed E-state index contributed by atoms with van der Waals surface area (Å²) in [5.41, 5.74) is 1.62. The van der Waals surface area contributed by atoms with Gasteiger partial charge in [0.2, 0.25) is 0 Å². The smallest absolute Gasteiger partial charge is 0.125 e. The molecule has 0 saturated carbocycles. The summed E-state index contributed by atoms with van der Waals surface area (Å²) < 4.78 is 24.5. The molecule has 1 N–H and O–H groups in total. The Bertz CT molecular complexity index is 604. The molecule has 0 fully saturated rings. The minimum absolute atomic E-state index is 0.284. The predicted octanol–water partition coefficient (Wildman–Crippen LogP) is 4.22. The van der Waals surface area contributed by atoms with Crippen LogP contribution in [-0.4, -0.2) is 14.2 Å². The maximum atomic E-state index is 13.2. The van der Waals surface area contributed by atoms with E-state index in [0.717, 1.165) is 21.5 Å². The molecule has 5 heteroatoms. The summed E-state index contributed by atoms with van der Waals surface area (Å²) in [7, 11) is 3.23. The summed E-state index contributed by atoms with van der Waals surface area (Å²) in [6.07, 6.45) is 0. The summed E-state index contributed by atoms with van der Waals surface area (Å²) in [5.74, 6) is 1.22.